The molecule has 3 aliphatic heterocycles. The Morgan fingerprint density at radius 1 is 0.946 bits per heavy atom. The number of anilines is 1. The molecule has 8 heteroatoms. The van der Waals surface area contributed by atoms with Crippen molar-refractivity contribution in [3.63, 3.8) is 0 Å². The Bertz CT molecular complexity index is 1410. The largest absolute Gasteiger partial charge is 0.486 e. The summed E-state index contributed by atoms with van der Waals surface area (Å²) in [6, 6.07) is 21.1. The molecule has 0 unspecified atom stereocenters. The van der Waals surface area contributed by atoms with Crippen LogP contribution in [-0.4, -0.2) is 38.1 Å². The van der Waals surface area contributed by atoms with E-state index in [1.165, 1.54) is 12.0 Å². The van der Waals surface area contributed by atoms with Gasteiger partial charge in [-0.15, -0.1) is 0 Å². The van der Waals surface area contributed by atoms with Crippen molar-refractivity contribution in [3.05, 3.63) is 89.5 Å². The molecule has 8 nitrogen and oxygen atoms in total. The number of carbonyl (C=O) groups is 3. The Morgan fingerprint density at radius 2 is 1.65 bits per heavy atom. The van der Waals surface area contributed by atoms with Crippen molar-refractivity contribution in [3.8, 4) is 11.5 Å². The highest BCUT2D eigenvalue weighted by Gasteiger charge is 2.69. The van der Waals surface area contributed by atoms with Gasteiger partial charge in [0.25, 0.3) is 0 Å². The van der Waals surface area contributed by atoms with Crippen LogP contribution in [-0.2, 0) is 24.7 Å². The fourth-order valence-corrected chi connectivity index (χ4v) is 5.97. The molecule has 0 bridgehead atoms. The van der Waals surface area contributed by atoms with E-state index in [-0.39, 0.29) is 5.91 Å². The van der Waals surface area contributed by atoms with E-state index in [1.54, 1.807) is 42.5 Å². The van der Waals surface area contributed by atoms with E-state index in [0.29, 0.717) is 36.0 Å². The Morgan fingerprint density at radius 3 is 2.38 bits per heavy atom. The lowest BCUT2D eigenvalue weighted by Gasteiger charge is -2.33. The van der Waals surface area contributed by atoms with Crippen LogP contribution in [0.4, 0.5) is 5.69 Å². The van der Waals surface area contributed by atoms with Gasteiger partial charge in [-0.1, -0.05) is 54.6 Å². The van der Waals surface area contributed by atoms with Gasteiger partial charge in [-0.2, -0.15) is 0 Å². The third kappa shape index (κ3) is 3.36. The summed E-state index contributed by atoms with van der Waals surface area (Å²) in [4.78, 5) is 43.2. The second kappa shape index (κ2) is 8.74. The maximum Gasteiger partial charge on any atom is 0.331 e. The molecule has 188 valence electrons. The van der Waals surface area contributed by atoms with Crippen LogP contribution >= 0.6 is 0 Å². The van der Waals surface area contributed by atoms with Crippen molar-refractivity contribution in [2.45, 2.75) is 18.5 Å². The molecule has 3 heterocycles. The highest BCUT2D eigenvalue weighted by Crippen LogP contribution is 2.54. The summed E-state index contributed by atoms with van der Waals surface area (Å²) in [5.74, 6) is -2.29. The first-order valence-electron chi connectivity index (χ1n) is 12.2. The van der Waals surface area contributed by atoms with Crippen molar-refractivity contribution in [1.82, 2.24) is 5.32 Å². The molecule has 6 rings (SSSR count). The van der Waals surface area contributed by atoms with E-state index in [0.717, 1.165) is 11.1 Å². The van der Waals surface area contributed by atoms with Gasteiger partial charge in [0.15, 0.2) is 17.0 Å². The van der Waals surface area contributed by atoms with Crippen LogP contribution in [0.15, 0.2) is 72.8 Å². The normalized spacial score (nSPS) is 26.2. The van der Waals surface area contributed by atoms with Crippen molar-refractivity contribution in [2.24, 2.45) is 11.8 Å². The molecule has 0 aliphatic carbocycles. The van der Waals surface area contributed by atoms with Crippen LogP contribution in [0.1, 0.15) is 22.7 Å². The smallest absolute Gasteiger partial charge is 0.331 e. The summed E-state index contributed by atoms with van der Waals surface area (Å²) in [5, 5.41) is 3.43. The molecule has 2 amide bonds. The molecule has 3 aromatic rings. The van der Waals surface area contributed by atoms with E-state index < -0.39 is 35.3 Å². The fraction of sp³-hybridized carbons (Fsp3) is 0.276. The number of hydrogen-bond acceptors (Lipinski definition) is 7. The zero-order valence-electron chi connectivity index (χ0n) is 20.5. The summed E-state index contributed by atoms with van der Waals surface area (Å²) in [6.07, 6.45) is 0. The van der Waals surface area contributed by atoms with E-state index in [4.69, 9.17) is 14.2 Å². The summed E-state index contributed by atoms with van der Waals surface area (Å²) in [5.41, 5.74) is 1.19. The lowest BCUT2D eigenvalue weighted by Crippen LogP contribution is -2.53. The zero-order valence-corrected chi connectivity index (χ0v) is 20.5. The number of benzene rings is 3. The standard InChI is InChI=1S/C29H26N2O6/c1-17-8-6-7-11-20(17)25-23-24(29(30-25,28(34)35-2)18-9-4-3-5-10-18)27(33)31(26(23)32)19-12-13-21-22(16-19)37-15-14-36-21/h3-13,16,23-25,30H,14-15H2,1-2H3/t23-,24+,25+,29+/m1/s1. The third-order valence-electron chi connectivity index (χ3n) is 7.60. The summed E-state index contributed by atoms with van der Waals surface area (Å²) in [7, 11) is 1.30. The van der Waals surface area contributed by atoms with Crippen LogP contribution in [0.2, 0.25) is 0 Å². The first-order chi connectivity index (χ1) is 18.0. The lowest BCUT2D eigenvalue weighted by atomic mass is 9.75. The number of hydrogen-bond donors (Lipinski definition) is 1. The molecular weight excluding hydrogens is 472 g/mol. The van der Waals surface area contributed by atoms with Crippen LogP contribution < -0.4 is 19.7 Å². The molecule has 3 aliphatic rings. The number of methoxy groups -OCH3 is 1. The van der Waals surface area contributed by atoms with Gasteiger partial charge >= 0.3 is 5.97 Å². The summed E-state index contributed by atoms with van der Waals surface area (Å²) in [6.45, 7) is 2.76. The van der Waals surface area contributed by atoms with Gasteiger partial charge in [-0.3, -0.25) is 14.9 Å². The van der Waals surface area contributed by atoms with Gasteiger partial charge < -0.3 is 14.2 Å². The Balaban J connectivity index is 1.54. The van der Waals surface area contributed by atoms with Crippen LogP contribution in [0.5, 0.6) is 11.5 Å². The molecule has 2 fully saturated rings. The average molecular weight is 499 g/mol. The lowest BCUT2D eigenvalue weighted by molar-refractivity contribution is -0.152. The van der Waals surface area contributed by atoms with E-state index in [1.807, 2.05) is 37.3 Å². The molecule has 0 spiro atoms. The molecule has 1 N–H and O–H groups in total. The molecule has 4 atom stereocenters. The number of carbonyl (C=O) groups excluding carboxylic acids is 3. The van der Waals surface area contributed by atoms with Gasteiger partial charge in [0.1, 0.15) is 13.2 Å². The number of rotatable bonds is 4. The maximum atomic E-state index is 14.2. The highest BCUT2D eigenvalue weighted by molar-refractivity contribution is 6.24. The van der Waals surface area contributed by atoms with E-state index in [9.17, 15) is 14.4 Å². The number of aryl methyl sites for hydroxylation is 1. The van der Waals surface area contributed by atoms with Crippen LogP contribution in [0.3, 0.4) is 0 Å². The second-order valence-electron chi connectivity index (χ2n) is 9.49. The topological polar surface area (TPSA) is 94.2 Å². The SMILES string of the molecule is COC(=O)[C@@]1(c2ccccc2)N[C@@H](c2ccccc2C)[C@@H]2C(=O)N(c3ccc4c(c3)OCCO4)C(=O)[C@H]21. The summed E-state index contributed by atoms with van der Waals surface area (Å²) < 4.78 is 16.6. The monoisotopic (exact) mass is 498 g/mol. The van der Waals surface area contributed by atoms with Crippen molar-refractivity contribution in [2.75, 3.05) is 25.2 Å². The number of esters is 1. The Kier molecular flexibility index (Phi) is 5.49. The molecule has 2 saturated heterocycles. The number of ether oxygens (including phenoxy) is 3. The third-order valence-corrected chi connectivity index (χ3v) is 7.60. The van der Waals surface area contributed by atoms with E-state index in [2.05, 4.69) is 5.32 Å². The second-order valence-corrected chi connectivity index (χ2v) is 9.49. The van der Waals surface area contributed by atoms with Crippen molar-refractivity contribution < 1.29 is 28.6 Å². The maximum absolute atomic E-state index is 14.2. The van der Waals surface area contributed by atoms with Crippen molar-refractivity contribution in [1.29, 1.82) is 0 Å². The minimum Gasteiger partial charge on any atom is -0.486 e. The quantitative estimate of drug-likeness (QED) is 0.436. The van der Waals surface area contributed by atoms with Gasteiger partial charge in [0.05, 0.1) is 24.6 Å². The minimum atomic E-state index is -1.55. The molecule has 37 heavy (non-hydrogen) atoms. The number of nitrogens with one attached hydrogen (secondary N) is 1. The van der Waals surface area contributed by atoms with Crippen molar-refractivity contribution >= 4 is 23.5 Å². The highest BCUT2D eigenvalue weighted by atomic mass is 16.6. The fourth-order valence-electron chi connectivity index (χ4n) is 5.97. The molecule has 0 saturated carbocycles. The van der Waals surface area contributed by atoms with E-state index >= 15 is 0 Å². The predicted molar refractivity (Wildman–Crippen MR) is 134 cm³/mol. The summed E-state index contributed by atoms with van der Waals surface area (Å²) >= 11 is 0. The average Bonchev–Trinajstić information content (AvgIpc) is 3.42. The molecule has 0 radical (unpaired) electrons. The Hall–Kier alpha value is -4.17. The first-order valence-corrected chi connectivity index (χ1v) is 12.2. The predicted octanol–water partition coefficient (Wildman–Crippen LogP) is 3.28. The van der Waals surface area contributed by atoms with Gasteiger partial charge in [0.2, 0.25) is 11.8 Å². The Labute approximate surface area is 214 Å². The van der Waals surface area contributed by atoms with Gasteiger partial charge in [0, 0.05) is 12.1 Å². The van der Waals surface area contributed by atoms with Crippen LogP contribution in [0.25, 0.3) is 0 Å². The molecule has 0 aromatic heterocycles. The van der Waals surface area contributed by atoms with Gasteiger partial charge in [-0.05, 0) is 35.7 Å². The molecular formula is C29H26N2O6. The molecule has 3 aromatic carbocycles. The first kappa shape index (κ1) is 23.2. The number of imide groups is 1. The number of nitrogens with zero attached hydrogens (tertiary/aromatic N) is 1. The van der Waals surface area contributed by atoms with Crippen LogP contribution in [0, 0.1) is 18.8 Å². The minimum absolute atomic E-state index is 0.377. The number of amides is 2. The zero-order chi connectivity index (χ0) is 25.7. The van der Waals surface area contributed by atoms with Gasteiger partial charge in [-0.25, -0.2) is 9.69 Å². The number of fused-ring (bicyclic) bond motifs is 2.